The zero-order valence-electron chi connectivity index (χ0n) is 12.2. The molecule has 3 atom stereocenters. The molecule has 0 aromatic rings. The summed E-state index contributed by atoms with van der Waals surface area (Å²) in [5.41, 5.74) is 4.91. The van der Waals surface area contributed by atoms with Gasteiger partial charge in [0, 0.05) is 13.2 Å². The van der Waals surface area contributed by atoms with Crippen molar-refractivity contribution < 1.29 is 9.84 Å². The second kappa shape index (κ2) is 8.13. The number of rotatable bonds is 8. The minimum Gasteiger partial charge on any atom is -0.389 e. The maximum absolute atomic E-state index is 10.1. The molecule has 0 amide bonds. The minimum atomic E-state index is -0.679. The summed E-state index contributed by atoms with van der Waals surface area (Å²) >= 11 is 0. The van der Waals surface area contributed by atoms with Gasteiger partial charge in [0.1, 0.15) is 0 Å². The highest BCUT2D eigenvalue weighted by Gasteiger charge is 2.23. The maximum atomic E-state index is 10.1. The standard InChI is InChI=1S/C15H31NO2/c1-3-13-7-5-8-14(11-13)18-10-6-9-15(17,4-2)12-16/h13-14,17H,3-12,16H2,1-2H3. The Bertz CT molecular complexity index is 217. The average molecular weight is 257 g/mol. The molecule has 0 aromatic carbocycles. The van der Waals surface area contributed by atoms with Crippen molar-refractivity contribution in [2.45, 2.75) is 76.9 Å². The molecule has 0 saturated heterocycles. The monoisotopic (exact) mass is 257 g/mol. The van der Waals surface area contributed by atoms with Crippen molar-refractivity contribution in [3.05, 3.63) is 0 Å². The molecule has 1 rings (SSSR count). The normalized spacial score (nSPS) is 28.0. The summed E-state index contributed by atoms with van der Waals surface area (Å²) in [5.74, 6) is 0.861. The third-order valence-corrected chi connectivity index (χ3v) is 4.49. The van der Waals surface area contributed by atoms with Crippen LogP contribution >= 0.6 is 0 Å². The van der Waals surface area contributed by atoms with E-state index < -0.39 is 5.60 Å². The molecule has 0 radical (unpaired) electrons. The van der Waals surface area contributed by atoms with Crippen molar-refractivity contribution in [1.29, 1.82) is 0 Å². The van der Waals surface area contributed by atoms with Gasteiger partial charge in [-0.1, -0.05) is 33.1 Å². The van der Waals surface area contributed by atoms with Gasteiger partial charge in [-0.2, -0.15) is 0 Å². The van der Waals surface area contributed by atoms with E-state index in [1.165, 1.54) is 32.1 Å². The summed E-state index contributed by atoms with van der Waals surface area (Å²) < 4.78 is 5.95. The van der Waals surface area contributed by atoms with E-state index in [2.05, 4.69) is 6.92 Å². The van der Waals surface area contributed by atoms with Crippen molar-refractivity contribution in [3.8, 4) is 0 Å². The lowest BCUT2D eigenvalue weighted by Crippen LogP contribution is -2.37. The van der Waals surface area contributed by atoms with Crippen LogP contribution in [-0.4, -0.2) is 30.0 Å². The molecule has 3 N–H and O–H groups in total. The number of nitrogens with two attached hydrogens (primary N) is 1. The highest BCUT2D eigenvalue weighted by molar-refractivity contribution is 4.77. The molecule has 108 valence electrons. The Hall–Kier alpha value is -0.120. The molecule has 0 spiro atoms. The van der Waals surface area contributed by atoms with Crippen molar-refractivity contribution >= 4 is 0 Å². The molecular formula is C15H31NO2. The lowest BCUT2D eigenvalue weighted by atomic mass is 9.85. The molecule has 0 aromatic heterocycles. The molecule has 0 bridgehead atoms. The quantitative estimate of drug-likeness (QED) is 0.657. The van der Waals surface area contributed by atoms with Gasteiger partial charge in [-0.15, -0.1) is 0 Å². The third-order valence-electron chi connectivity index (χ3n) is 4.49. The van der Waals surface area contributed by atoms with Crippen molar-refractivity contribution in [3.63, 3.8) is 0 Å². The topological polar surface area (TPSA) is 55.5 Å². The van der Waals surface area contributed by atoms with E-state index in [1.54, 1.807) is 0 Å². The van der Waals surface area contributed by atoms with E-state index in [1.807, 2.05) is 6.92 Å². The van der Waals surface area contributed by atoms with E-state index in [4.69, 9.17) is 10.5 Å². The van der Waals surface area contributed by atoms with Gasteiger partial charge in [-0.05, 0) is 38.0 Å². The summed E-state index contributed by atoms with van der Waals surface area (Å²) in [6.45, 7) is 5.38. The predicted octanol–water partition coefficient (Wildman–Crippen LogP) is 2.85. The van der Waals surface area contributed by atoms with Crippen LogP contribution in [0.4, 0.5) is 0 Å². The molecule has 1 fully saturated rings. The summed E-state index contributed by atoms with van der Waals surface area (Å²) in [6.07, 6.45) is 9.25. The maximum Gasteiger partial charge on any atom is 0.0767 e. The zero-order valence-corrected chi connectivity index (χ0v) is 12.2. The molecule has 3 heteroatoms. The van der Waals surface area contributed by atoms with Gasteiger partial charge in [0.25, 0.3) is 0 Å². The van der Waals surface area contributed by atoms with Crippen LogP contribution in [0.1, 0.15) is 65.2 Å². The zero-order chi connectivity index (χ0) is 13.4. The van der Waals surface area contributed by atoms with Crippen molar-refractivity contribution in [2.24, 2.45) is 11.7 Å². The second-order valence-electron chi connectivity index (χ2n) is 5.82. The van der Waals surface area contributed by atoms with Crippen LogP contribution in [0, 0.1) is 5.92 Å². The fourth-order valence-electron chi connectivity index (χ4n) is 2.84. The van der Waals surface area contributed by atoms with Crippen molar-refractivity contribution in [2.75, 3.05) is 13.2 Å². The number of ether oxygens (including phenoxy) is 1. The molecule has 0 aliphatic heterocycles. The Labute approximate surface area is 112 Å². The number of hydrogen-bond acceptors (Lipinski definition) is 3. The van der Waals surface area contributed by atoms with E-state index in [9.17, 15) is 5.11 Å². The van der Waals surface area contributed by atoms with Gasteiger partial charge in [0.15, 0.2) is 0 Å². The second-order valence-corrected chi connectivity index (χ2v) is 5.82. The Balaban J connectivity index is 2.14. The highest BCUT2D eigenvalue weighted by atomic mass is 16.5. The summed E-state index contributed by atoms with van der Waals surface area (Å²) in [5, 5.41) is 10.1. The fraction of sp³-hybridized carbons (Fsp3) is 1.00. The van der Waals surface area contributed by atoms with Gasteiger partial charge in [-0.25, -0.2) is 0 Å². The van der Waals surface area contributed by atoms with Crippen LogP contribution < -0.4 is 5.73 Å². The molecule has 3 unspecified atom stereocenters. The number of hydrogen-bond donors (Lipinski definition) is 2. The first-order chi connectivity index (χ1) is 8.63. The Kier molecular flexibility index (Phi) is 7.20. The number of aliphatic hydroxyl groups is 1. The van der Waals surface area contributed by atoms with Gasteiger partial charge >= 0.3 is 0 Å². The Morgan fingerprint density at radius 2 is 2.11 bits per heavy atom. The highest BCUT2D eigenvalue weighted by Crippen LogP contribution is 2.28. The average Bonchev–Trinajstić information content (AvgIpc) is 2.43. The van der Waals surface area contributed by atoms with E-state index in [-0.39, 0.29) is 0 Å². The predicted molar refractivity (Wildman–Crippen MR) is 75.5 cm³/mol. The lowest BCUT2D eigenvalue weighted by Gasteiger charge is -2.29. The molecular weight excluding hydrogens is 226 g/mol. The molecule has 0 heterocycles. The van der Waals surface area contributed by atoms with Crippen LogP contribution in [0.2, 0.25) is 0 Å². The van der Waals surface area contributed by atoms with Gasteiger partial charge < -0.3 is 15.6 Å². The molecule has 3 nitrogen and oxygen atoms in total. The smallest absolute Gasteiger partial charge is 0.0767 e. The Morgan fingerprint density at radius 3 is 2.72 bits per heavy atom. The van der Waals surface area contributed by atoms with Crippen LogP contribution in [0.15, 0.2) is 0 Å². The van der Waals surface area contributed by atoms with Crippen LogP contribution in [0.25, 0.3) is 0 Å². The fourth-order valence-corrected chi connectivity index (χ4v) is 2.84. The first kappa shape index (κ1) is 15.9. The van der Waals surface area contributed by atoms with Gasteiger partial charge in [-0.3, -0.25) is 0 Å². The summed E-state index contributed by atoms with van der Waals surface area (Å²) in [7, 11) is 0. The van der Waals surface area contributed by atoms with Gasteiger partial charge in [0.05, 0.1) is 11.7 Å². The lowest BCUT2D eigenvalue weighted by molar-refractivity contribution is -0.00902. The Morgan fingerprint density at radius 1 is 1.33 bits per heavy atom. The van der Waals surface area contributed by atoms with E-state index >= 15 is 0 Å². The van der Waals surface area contributed by atoms with Crippen LogP contribution in [0.3, 0.4) is 0 Å². The van der Waals surface area contributed by atoms with Crippen LogP contribution in [0.5, 0.6) is 0 Å². The summed E-state index contributed by atoms with van der Waals surface area (Å²) in [6, 6.07) is 0. The van der Waals surface area contributed by atoms with Gasteiger partial charge in [0.2, 0.25) is 0 Å². The molecule has 1 saturated carbocycles. The third kappa shape index (κ3) is 5.25. The summed E-state index contributed by atoms with van der Waals surface area (Å²) in [4.78, 5) is 0. The van der Waals surface area contributed by atoms with Crippen LogP contribution in [-0.2, 0) is 4.74 Å². The molecule has 1 aliphatic carbocycles. The van der Waals surface area contributed by atoms with Crippen molar-refractivity contribution in [1.82, 2.24) is 0 Å². The minimum absolute atomic E-state index is 0.352. The first-order valence-electron chi connectivity index (χ1n) is 7.67. The SMILES string of the molecule is CCC1CCCC(OCCCC(O)(CC)CN)C1. The van der Waals surface area contributed by atoms with E-state index in [0.717, 1.165) is 31.8 Å². The molecule has 1 aliphatic rings. The largest absolute Gasteiger partial charge is 0.389 e. The van der Waals surface area contributed by atoms with E-state index in [0.29, 0.717) is 12.6 Å². The first-order valence-corrected chi connectivity index (χ1v) is 7.67. The molecule has 18 heavy (non-hydrogen) atoms.